The summed E-state index contributed by atoms with van der Waals surface area (Å²) < 4.78 is 0. The zero-order chi connectivity index (χ0) is 11.9. The lowest BCUT2D eigenvalue weighted by molar-refractivity contribution is 0.397. The van der Waals surface area contributed by atoms with Crippen LogP contribution in [0.3, 0.4) is 0 Å². The van der Waals surface area contributed by atoms with Gasteiger partial charge in [0.2, 0.25) is 0 Å². The van der Waals surface area contributed by atoms with Gasteiger partial charge in [-0.3, -0.25) is 0 Å². The van der Waals surface area contributed by atoms with Gasteiger partial charge >= 0.3 is 0 Å². The predicted molar refractivity (Wildman–Crippen MR) is 75.2 cm³/mol. The summed E-state index contributed by atoms with van der Waals surface area (Å²) in [4.78, 5) is 4.37. The minimum atomic E-state index is 0.784. The van der Waals surface area contributed by atoms with Crippen LogP contribution < -0.4 is 5.32 Å². The lowest BCUT2D eigenvalue weighted by atomic mass is 9.83. The average molecular weight is 250 g/mol. The van der Waals surface area contributed by atoms with Crippen molar-refractivity contribution in [2.45, 2.75) is 39.0 Å². The molecule has 0 atom stereocenters. The molecule has 17 heavy (non-hydrogen) atoms. The van der Waals surface area contributed by atoms with Gasteiger partial charge in [-0.1, -0.05) is 31.8 Å². The number of hydrogen-bond donors (Lipinski definition) is 1. The molecule has 0 amide bonds. The molecular weight excluding hydrogens is 228 g/mol. The van der Waals surface area contributed by atoms with Crippen molar-refractivity contribution < 1.29 is 0 Å². The molecule has 1 heterocycles. The third-order valence-corrected chi connectivity index (χ3v) is 4.19. The van der Waals surface area contributed by atoms with Crippen molar-refractivity contribution in [3.8, 4) is 0 Å². The Hall–Kier alpha value is -0.670. The Kier molecular flexibility index (Phi) is 5.20. The Morgan fingerprint density at radius 3 is 2.94 bits per heavy atom. The first-order valence-electron chi connectivity index (χ1n) is 6.71. The molecule has 1 saturated carbocycles. The number of hydrogen-bond acceptors (Lipinski definition) is 3. The predicted octanol–water partition coefficient (Wildman–Crippen LogP) is 3.72. The van der Waals surface area contributed by atoms with E-state index in [1.165, 1.54) is 32.1 Å². The molecule has 0 spiro atoms. The molecule has 3 heteroatoms. The van der Waals surface area contributed by atoms with E-state index in [4.69, 9.17) is 0 Å². The van der Waals surface area contributed by atoms with Gasteiger partial charge in [-0.05, 0) is 31.4 Å². The van der Waals surface area contributed by atoms with Crippen LogP contribution in [0.4, 0.5) is 0 Å². The second-order valence-electron chi connectivity index (χ2n) is 4.70. The van der Waals surface area contributed by atoms with Gasteiger partial charge in [0.25, 0.3) is 0 Å². The topological polar surface area (TPSA) is 24.9 Å². The molecule has 1 aromatic heterocycles. The molecule has 1 aromatic rings. The van der Waals surface area contributed by atoms with E-state index in [1.807, 2.05) is 6.20 Å². The molecule has 1 N–H and O–H groups in total. The number of nitrogens with zero attached hydrogens (tertiary/aromatic N) is 1. The highest BCUT2D eigenvalue weighted by Crippen LogP contribution is 2.30. The third kappa shape index (κ3) is 3.93. The van der Waals surface area contributed by atoms with Crippen molar-refractivity contribution in [2.24, 2.45) is 5.92 Å². The largest absolute Gasteiger partial charge is 0.313 e. The normalized spacial score (nSPS) is 18.5. The van der Waals surface area contributed by atoms with Gasteiger partial charge in [0, 0.05) is 18.1 Å². The van der Waals surface area contributed by atoms with Gasteiger partial charge in [0.1, 0.15) is 5.01 Å². The minimum absolute atomic E-state index is 0.784. The molecule has 2 nitrogen and oxygen atoms in total. The molecule has 0 radical (unpaired) electrons. The van der Waals surface area contributed by atoms with Crippen molar-refractivity contribution in [1.29, 1.82) is 0 Å². The average Bonchev–Trinajstić information content (AvgIpc) is 2.88. The number of rotatable bonds is 5. The fraction of sp³-hybridized carbons (Fsp3) is 0.643. The fourth-order valence-corrected chi connectivity index (χ4v) is 3.12. The van der Waals surface area contributed by atoms with Gasteiger partial charge in [-0.2, -0.15) is 0 Å². The molecule has 1 fully saturated rings. The lowest BCUT2D eigenvalue weighted by Gasteiger charge is -2.24. The van der Waals surface area contributed by atoms with Gasteiger partial charge in [0.05, 0.1) is 0 Å². The summed E-state index contributed by atoms with van der Waals surface area (Å²) in [6.07, 6.45) is 11.1. The summed E-state index contributed by atoms with van der Waals surface area (Å²) in [5, 5.41) is 6.68. The van der Waals surface area contributed by atoms with E-state index in [2.05, 4.69) is 28.7 Å². The Balaban J connectivity index is 2.06. The van der Waals surface area contributed by atoms with Crippen LogP contribution in [0.15, 0.2) is 17.2 Å². The van der Waals surface area contributed by atoms with Crippen molar-refractivity contribution in [3.05, 3.63) is 22.2 Å². The van der Waals surface area contributed by atoms with Crippen molar-refractivity contribution in [1.82, 2.24) is 10.3 Å². The standard InChI is InChI=1S/C14H22N2S/c1-2-15-11-13(10-14-16-8-9-17-14)12-6-4-3-5-7-12/h8-10,12,15H,2-7,11H2,1H3/b13-10-. The molecule has 0 saturated heterocycles. The summed E-state index contributed by atoms with van der Waals surface area (Å²) in [5.41, 5.74) is 1.56. The summed E-state index contributed by atoms with van der Waals surface area (Å²) >= 11 is 1.73. The Morgan fingerprint density at radius 2 is 2.29 bits per heavy atom. The van der Waals surface area contributed by atoms with E-state index in [1.54, 1.807) is 16.9 Å². The second-order valence-corrected chi connectivity index (χ2v) is 5.63. The van der Waals surface area contributed by atoms with E-state index in [0.29, 0.717) is 0 Å². The molecule has 0 unspecified atom stereocenters. The zero-order valence-corrected chi connectivity index (χ0v) is 11.4. The summed E-state index contributed by atoms with van der Waals surface area (Å²) in [5.74, 6) is 0.784. The first-order valence-corrected chi connectivity index (χ1v) is 7.58. The van der Waals surface area contributed by atoms with E-state index in [9.17, 15) is 0 Å². The van der Waals surface area contributed by atoms with Gasteiger partial charge in [-0.15, -0.1) is 11.3 Å². The van der Waals surface area contributed by atoms with Crippen LogP contribution in [-0.4, -0.2) is 18.1 Å². The quantitative estimate of drug-likeness (QED) is 0.861. The minimum Gasteiger partial charge on any atom is -0.313 e. The van der Waals surface area contributed by atoms with Crippen LogP contribution in [0.1, 0.15) is 44.0 Å². The second kappa shape index (κ2) is 6.92. The molecule has 0 aliphatic heterocycles. The molecule has 1 aliphatic carbocycles. The molecule has 0 aromatic carbocycles. The molecule has 1 aliphatic rings. The highest BCUT2D eigenvalue weighted by molar-refractivity contribution is 7.10. The SMILES string of the molecule is CCNC/C(=C/c1nccs1)C1CCCCC1. The fourth-order valence-electron chi connectivity index (χ4n) is 2.52. The number of aromatic nitrogens is 1. The van der Waals surface area contributed by atoms with Crippen molar-refractivity contribution >= 4 is 17.4 Å². The van der Waals surface area contributed by atoms with E-state index < -0.39 is 0 Å². The van der Waals surface area contributed by atoms with Crippen LogP contribution in [0.25, 0.3) is 6.08 Å². The maximum atomic E-state index is 4.37. The van der Waals surface area contributed by atoms with Crippen LogP contribution >= 0.6 is 11.3 Å². The maximum Gasteiger partial charge on any atom is 0.116 e. The Morgan fingerprint density at radius 1 is 1.47 bits per heavy atom. The highest BCUT2D eigenvalue weighted by atomic mass is 32.1. The molecule has 0 bridgehead atoms. The molecular formula is C14H22N2S. The lowest BCUT2D eigenvalue weighted by Crippen LogP contribution is -2.22. The van der Waals surface area contributed by atoms with Gasteiger partial charge in [0.15, 0.2) is 0 Å². The number of thiazole rings is 1. The Bertz CT molecular complexity index is 337. The van der Waals surface area contributed by atoms with Gasteiger partial charge < -0.3 is 5.32 Å². The highest BCUT2D eigenvalue weighted by Gasteiger charge is 2.17. The van der Waals surface area contributed by atoms with E-state index in [-0.39, 0.29) is 0 Å². The monoisotopic (exact) mass is 250 g/mol. The third-order valence-electron chi connectivity index (χ3n) is 3.47. The van der Waals surface area contributed by atoms with Crippen LogP contribution in [0.2, 0.25) is 0 Å². The maximum absolute atomic E-state index is 4.37. The van der Waals surface area contributed by atoms with E-state index >= 15 is 0 Å². The van der Waals surface area contributed by atoms with Crippen molar-refractivity contribution in [3.63, 3.8) is 0 Å². The summed E-state index contributed by atoms with van der Waals surface area (Å²) in [6.45, 7) is 4.24. The molecule has 94 valence electrons. The Labute approximate surface area is 108 Å². The summed E-state index contributed by atoms with van der Waals surface area (Å²) in [7, 11) is 0. The first-order chi connectivity index (χ1) is 8.40. The van der Waals surface area contributed by atoms with E-state index in [0.717, 1.165) is 24.0 Å². The molecule has 2 rings (SSSR count). The number of nitrogens with one attached hydrogen (secondary N) is 1. The van der Waals surface area contributed by atoms with Crippen LogP contribution in [0.5, 0.6) is 0 Å². The number of likely N-dealkylation sites (N-methyl/N-ethyl adjacent to an activating group) is 1. The smallest absolute Gasteiger partial charge is 0.116 e. The zero-order valence-electron chi connectivity index (χ0n) is 10.6. The summed E-state index contributed by atoms with van der Waals surface area (Å²) in [6, 6.07) is 0. The first kappa shape index (κ1) is 12.8. The van der Waals surface area contributed by atoms with Crippen molar-refractivity contribution in [2.75, 3.05) is 13.1 Å². The van der Waals surface area contributed by atoms with Crippen LogP contribution in [-0.2, 0) is 0 Å². The van der Waals surface area contributed by atoms with Gasteiger partial charge in [-0.25, -0.2) is 4.98 Å². The van der Waals surface area contributed by atoms with Crippen LogP contribution in [0, 0.1) is 5.92 Å².